The summed E-state index contributed by atoms with van der Waals surface area (Å²) in [4.78, 5) is 23.0. The molecule has 2 rings (SSSR count). The molecule has 0 radical (unpaired) electrons. The first-order chi connectivity index (χ1) is 9.66. The van der Waals surface area contributed by atoms with E-state index in [0.29, 0.717) is 18.4 Å². The summed E-state index contributed by atoms with van der Waals surface area (Å²) in [6.07, 6.45) is 7.87. The monoisotopic (exact) mass is 273 g/mol. The Kier molecular flexibility index (Phi) is 4.93. The number of carbonyl (C=O) groups excluding carboxylic acids is 1. The van der Waals surface area contributed by atoms with Crippen LogP contribution in [0, 0.1) is 0 Å². The van der Waals surface area contributed by atoms with Crippen molar-refractivity contribution in [3.8, 4) is 0 Å². The van der Waals surface area contributed by atoms with E-state index in [2.05, 4.69) is 17.5 Å². The Bertz CT molecular complexity index is 522. The number of allylic oxidation sites excluding steroid dienone is 1. The fourth-order valence-electron chi connectivity index (χ4n) is 2.42. The minimum atomic E-state index is -0.946. The number of carbonyl (C=O) groups is 2. The molecule has 1 aliphatic rings. The zero-order valence-corrected chi connectivity index (χ0v) is 11.3. The van der Waals surface area contributed by atoms with Gasteiger partial charge in [0.25, 0.3) is 0 Å². The summed E-state index contributed by atoms with van der Waals surface area (Å²) in [7, 11) is 0. The highest BCUT2D eigenvalue weighted by Crippen LogP contribution is 2.13. The lowest BCUT2D eigenvalue weighted by atomic mass is 10.0. The lowest BCUT2D eigenvalue weighted by Crippen LogP contribution is -2.35. The van der Waals surface area contributed by atoms with E-state index in [4.69, 9.17) is 5.11 Å². The normalized spacial score (nSPS) is 17.7. The molecule has 0 fully saturated rings. The summed E-state index contributed by atoms with van der Waals surface area (Å²) in [5.41, 5.74) is 0.986. The zero-order valence-electron chi connectivity index (χ0n) is 11.3. The Hall–Kier alpha value is -2.10. The molecule has 1 aliphatic carbocycles. The van der Waals surface area contributed by atoms with Crippen molar-refractivity contribution in [3.05, 3.63) is 47.5 Å². The number of carboxylic acids is 1. The SMILES string of the molecule is O=C(CCc1ccccc1C(=O)O)NC1CC=CCC1. The van der Waals surface area contributed by atoms with Crippen LogP contribution in [0.1, 0.15) is 41.6 Å². The number of rotatable bonds is 5. The van der Waals surface area contributed by atoms with Gasteiger partial charge in [-0.2, -0.15) is 0 Å². The van der Waals surface area contributed by atoms with E-state index in [1.807, 2.05) is 0 Å². The quantitative estimate of drug-likeness (QED) is 0.810. The Balaban J connectivity index is 1.87. The highest BCUT2D eigenvalue weighted by atomic mass is 16.4. The van der Waals surface area contributed by atoms with E-state index < -0.39 is 5.97 Å². The van der Waals surface area contributed by atoms with Crippen LogP contribution in [-0.2, 0) is 11.2 Å². The van der Waals surface area contributed by atoms with Crippen LogP contribution >= 0.6 is 0 Å². The van der Waals surface area contributed by atoms with Gasteiger partial charge in [0, 0.05) is 12.5 Å². The second kappa shape index (κ2) is 6.89. The number of aromatic carboxylic acids is 1. The van der Waals surface area contributed by atoms with Crippen molar-refractivity contribution in [2.45, 2.75) is 38.1 Å². The van der Waals surface area contributed by atoms with Gasteiger partial charge >= 0.3 is 5.97 Å². The van der Waals surface area contributed by atoms with Gasteiger partial charge in [0.2, 0.25) is 5.91 Å². The topological polar surface area (TPSA) is 66.4 Å². The molecule has 0 aromatic heterocycles. The maximum Gasteiger partial charge on any atom is 0.335 e. The van der Waals surface area contributed by atoms with E-state index in [9.17, 15) is 9.59 Å². The maximum absolute atomic E-state index is 11.9. The fraction of sp³-hybridized carbons (Fsp3) is 0.375. The van der Waals surface area contributed by atoms with Gasteiger partial charge in [-0.1, -0.05) is 30.4 Å². The van der Waals surface area contributed by atoms with Crippen LogP contribution in [0.25, 0.3) is 0 Å². The molecule has 0 bridgehead atoms. The third-order valence-corrected chi connectivity index (χ3v) is 3.50. The van der Waals surface area contributed by atoms with Gasteiger partial charge < -0.3 is 10.4 Å². The summed E-state index contributed by atoms with van der Waals surface area (Å²) < 4.78 is 0. The van der Waals surface area contributed by atoms with E-state index in [1.165, 1.54) is 0 Å². The van der Waals surface area contributed by atoms with Gasteiger partial charge in [0.1, 0.15) is 0 Å². The minimum Gasteiger partial charge on any atom is -0.478 e. The number of hydrogen-bond donors (Lipinski definition) is 2. The van der Waals surface area contributed by atoms with Crippen LogP contribution in [-0.4, -0.2) is 23.0 Å². The van der Waals surface area contributed by atoms with Crippen LogP contribution in [0.3, 0.4) is 0 Å². The van der Waals surface area contributed by atoms with Crippen molar-refractivity contribution in [1.29, 1.82) is 0 Å². The second-order valence-electron chi connectivity index (χ2n) is 5.01. The van der Waals surface area contributed by atoms with Crippen molar-refractivity contribution in [2.75, 3.05) is 0 Å². The molecule has 1 amide bonds. The molecule has 106 valence electrons. The van der Waals surface area contributed by atoms with Gasteiger partial charge in [0.15, 0.2) is 0 Å². The van der Waals surface area contributed by atoms with Crippen LogP contribution in [0.2, 0.25) is 0 Å². The van der Waals surface area contributed by atoms with Crippen molar-refractivity contribution >= 4 is 11.9 Å². The Morgan fingerprint density at radius 3 is 2.75 bits per heavy atom. The molecule has 0 aliphatic heterocycles. The predicted molar refractivity (Wildman–Crippen MR) is 76.6 cm³/mol. The summed E-state index contributed by atoms with van der Waals surface area (Å²) >= 11 is 0. The maximum atomic E-state index is 11.9. The molecule has 1 atom stereocenters. The molecule has 1 aromatic rings. The Morgan fingerprint density at radius 1 is 1.25 bits per heavy atom. The van der Waals surface area contributed by atoms with Crippen molar-refractivity contribution in [3.63, 3.8) is 0 Å². The minimum absolute atomic E-state index is 0.00880. The first-order valence-electron chi connectivity index (χ1n) is 6.92. The molecular formula is C16H19NO3. The first-order valence-corrected chi connectivity index (χ1v) is 6.92. The zero-order chi connectivity index (χ0) is 14.4. The largest absolute Gasteiger partial charge is 0.478 e. The van der Waals surface area contributed by atoms with Crippen LogP contribution in [0.15, 0.2) is 36.4 Å². The molecule has 1 aromatic carbocycles. The van der Waals surface area contributed by atoms with E-state index in [0.717, 1.165) is 19.3 Å². The fourth-order valence-corrected chi connectivity index (χ4v) is 2.42. The number of hydrogen-bond acceptors (Lipinski definition) is 2. The molecule has 4 nitrogen and oxygen atoms in total. The number of amides is 1. The van der Waals surface area contributed by atoms with Gasteiger partial charge in [-0.25, -0.2) is 4.79 Å². The molecule has 0 saturated heterocycles. The molecule has 0 heterocycles. The Labute approximate surface area is 118 Å². The van der Waals surface area contributed by atoms with Crippen LogP contribution in [0.4, 0.5) is 0 Å². The third kappa shape index (κ3) is 3.95. The van der Waals surface area contributed by atoms with E-state index >= 15 is 0 Å². The van der Waals surface area contributed by atoms with Crippen LogP contribution in [0.5, 0.6) is 0 Å². The lowest BCUT2D eigenvalue weighted by molar-refractivity contribution is -0.121. The first kappa shape index (κ1) is 14.3. The standard InChI is InChI=1S/C16H19NO3/c18-15(17-13-7-2-1-3-8-13)11-10-12-6-4-5-9-14(12)16(19)20/h1-2,4-6,9,13H,3,7-8,10-11H2,(H,17,18)(H,19,20). The summed E-state index contributed by atoms with van der Waals surface area (Å²) in [6.45, 7) is 0. The molecule has 1 unspecified atom stereocenters. The van der Waals surface area contributed by atoms with Gasteiger partial charge in [-0.15, -0.1) is 0 Å². The van der Waals surface area contributed by atoms with Crippen molar-refractivity contribution in [2.24, 2.45) is 0 Å². The second-order valence-corrected chi connectivity index (χ2v) is 5.01. The van der Waals surface area contributed by atoms with Crippen molar-refractivity contribution in [1.82, 2.24) is 5.32 Å². The van der Waals surface area contributed by atoms with E-state index in [-0.39, 0.29) is 17.5 Å². The molecular weight excluding hydrogens is 254 g/mol. The van der Waals surface area contributed by atoms with E-state index in [1.54, 1.807) is 24.3 Å². The molecule has 0 spiro atoms. The Morgan fingerprint density at radius 2 is 2.05 bits per heavy atom. The molecule has 2 N–H and O–H groups in total. The average Bonchev–Trinajstić information content (AvgIpc) is 2.46. The summed E-state index contributed by atoms with van der Waals surface area (Å²) in [5.74, 6) is -0.955. The number of carboxylic acid groups (broad SMARTS) is 1. The summed E-state index contributed by atoms with van der Waals surface area (Å²) in [5, 5.41) is 12.1. The van der Waals surface area contributed by atoms with Gasteiger partial charge in [-0.3, -0.25) is 4.79 Å². The third-order valence-electron chi connectivity index (χ3n) is 3.50. The highest BCUT2D eigenvalue weighted by Gasteiger charge is 2.14. The molecule has 0 saturated carbocycles. The van der Waals surface area contributed by atoms with Crippen LogP contribution < -0.4 is 5.32 Å². The predicted octanol–water partition coefficient (Wildman–Crippen LogP) is 2.54. The lowest BCUT2D eigenvalue weighted by Gasteiger charge is -2.19. The number of benzene rings is 1. The average molecular weight is 273 g/mol. The molecule has 4 heteroatoms. The molecule has 20 heavy (non-hydrogen) atoms. The smallest absolute Gasteiger partial charge is 0.335 e. The number of nitrogens with one attached hydrogen (secondary N) is 1. The van der Waals surface area contributed by atoms with Gasteiger partial charge in [-0.05, 0) is 37.3 Å². The number of aryl methyl sites for hydroxylation is 1. The summed E-state index contributed by atoms with van der Waals surface area (Å²) in [6, 6.07) is 7.05. The highest BCUT2D eigenvalue weighted by molar-refractivity contribution is 5.89. The van der Waals surface area contributed by atoms with Crippen molar-refractivity contribution < 1.29 is 14.7 Å². The van der Waals surface area contributed by atoms with Gasteiger partial charge in [0.05, 0.1) is 5.56 Å².